The van der Waals surface area contributed by atoms with E-state index in [0.29, 0.717) is 6.54 Å². The van der Waals surface area contributed by atoms with Crippen LogP contribution < -0.4 is 16.6 Å². The number of carbonyl (C=O) groups is 1. The highest BCUT2D eigenvalue weighted by atomic mass is 16.2. The Morgan fingerprint density at radius 1 is 1.15 bits per heavy atom. The first-order valence-corrected chi connectivity index (χ1v) is 9.09. The van der Waals surface area contributed by atoms with Gasteiger partial charge in [-0.3, -0.25) is 18.7 Å². The molecular formula is C17H26N6O3. The van der Waals surface area contributed by atoms with Crippen molar-refractivity contribution in [3.63, 3.8) is 0 Å². The number of aromatic nitrogens is 4. The fourth-order valence-electron chi connectivity index (χ4n) is 3.42. The Hall–Kier alpha value is -2.42. The minimum absolute atomic E-state index is 0.00999. The number of amides is 1. The van der Waals surface area contributed by atoms with Gasteiger partial charge in [-0.05, 0) is 45.3 Å². The van der Waals surface area contributed by atoms with Gasteiger partial charge in [0.25, 0.3) is 5.56 Å². The molecule has 0 radical (unpaired) electrons. The van der Waals surface area contributed by atoms with Crippen molar-refractivity contribution in [3.8, 4) is 0 Å². The predicted octanol–water partition coefficient (Wildman–Crippen LogP) is -0.574. The largest absolute Gasteiger partial charge is 0.355 e. The number of aryl methyl sites for hydroxylation is 1. The molecule has 2 aromatic rings. The lowest BCUT2D eigenvalue weighted by atomic mass is 10.3. The fraction of sp³-hybridized carbons (Fsp3) is 0.647. The van der Waals surface area contributed by atoms with Gasteiger partial charge in [0, 0.05) is 20.6 Å². The summed E-state index contributed by atoms with van der Waals surface area (Å²) < 4.78 is 3.83. The molecule has 1 saturated heterocycles. The van der Waals surface area contributed by atoms with Gasteiger partial charge in [-0.25, -0.2) is 9.78 Å². The molecule has 0 bridgehead atoms. The lowest BCUT2D eigenvalue weighted by Crippen LogP contribution is -2.38. The Bertz CT molecular complexity index is 904. The van der Waals surface area contributed by atoms with Gasteiger partial charge in [0.05, 0.1) is 6.33 Å². The van der Waals surface area contributed by atoms with E-state index >= 15 is 0 Å². The second kappa shape index (κ2) is 7.86. The van der Waals surface area contributed by atoms with Crippen LogP contribution in [0, 0.1) is 0 Å². The summed E-state index contributed by atoms with van der Waals surface area (Å²) in [6.45, 7) is 4.10. The summed E-state index contributed by atoms with van der Waals surface area (Å²) in [5, 5.41) is 2.89. The molecule has 3 heterocycles. The molecular weight excluding hydrogens is 336 g/mol. The molecule has 0 saturated carbocycles. The quantitative estimate of drug-likeness (QED) is 0.666. The van der Waals surface area contributed by atoms with Crippen molar-refractivity contribution < 1.29 is 4.79 Å². The zero-order valence-electron chi connectivity index (χ0n) is 15.4. The summed E-state index contributed by atoms with van der Waals surface area (Å²) in [5.41, 5.74) is -0.329. The van der Waals surface area contributed by atoms with Crippen LogP contribution in [0.4, 0.5) is 0 Å². The van der Waals surface area contributed by atoms with E-state index in [1.165, 1.54) is 48.4 Å². The average Bonchev–Trinajstić information content (AvgIpc) is 3.28. The lowest BCUT2D eigenvalue weighted by Gasteiger charge is -2.14. The Kier molecular flexibility index (Phi) is 5.55. The van der Waals surface area contributed by atoms with E-state index in [1.807, 2.05) is 0 Å². The molecule has 1 fully saturated rings. The smallest absolute Gasteiger partial charge is 0.332 e. The minimum Gasteiger partial charge on any atom is -0.355 e. The second-order valence-corrected chi connectivity index (χ2v) is 6.86. The highest BCUT2D eigenvalue weighted by molar-refractivity contribution is 5.78. The number of hydrogen-bond acceptors (Lipinski definition) is 5. The summed E-state index contributed by atoms with van der Waals surface area (Å²) in [5.74, 6) is -0.165. The van der Waals surface area contributed by atoms with E-state index in [9.17, 15) is 14.4 Å². The maximum Gasteiger partial charge on any atom is 0.332 e. The number of nitrogens with one attached hydrogen (secondary N) is 1. The third-order valence-electron chi connectivity index (χ3n) is 4.95. The minimum atomic E-state index is -0.445. The third-order valence-corrected chi connectivity index (χ3v) is 4.95. The van der Waals surface area contributed by atoms with E-state index in [0.717, 1.165) is 24.0 Å². The van der Waals surface area contributed by atoms with Gasteiger partial charge in [-0.2, -0.15) is 0 Å². The van der Waals surface area contributed by atoms with Gasteiger partial charge >= 0.3 is 5.69 Å². The van der Waals surface area contributed by atoms with Gasteiger partial charge in [-0.1, -0.05) is 0 Å². The molecule has 0 aromatic carbocycles. The first-order chi connectivity index (χ1) is 12.5. The van der Waals surface area contributed by atoms with Crippen molar-refractivity contribution in [2.24, 2.45) is 14.1 Å². The Balaban J connectivity index is 1.56. The molecule has 142 valence electrons. The van der Waals surface area contributed by atoms with Gasteiger partial charge in [0.2, 0.25) is 5.91 Å². The maximum absolute atomic E-state index is 12.3. The summed E-state index contributed by atoms with van der Waals surface area (Å²) in [7, 11) is 2.98. The monoisotopic (exact) mass is 362 g/mol. The molecule has 9 heteroatoms. The molecule has 1 aliphatic heterocycles. The number of nitrogens with zero attached hydrogens (tertiary/aromatic N) is 5. The van der Waals surface area contributed by atoms with Crippen LogP contribution >= 0.6 is 0 Å². The van der Waals surface area contributed by atoms with Crippen LogP contribution in [0.2, 0.25) is 0 Å². The number of fused-ring (bicyclic) bond motifs is 1. The Morgan fingerprint density at radius 2 is 1.88 bits per heavy atom. The van der Waals surface area contributed by atoms with Crippen molar-refractivity contribution in [1.29, 1.82) is 0 Å². The summed E-state index contributed by atoms with van der Waals surface area (Å²) in [6.07, 6.45) is 6.01. The van der Waals surface area contributed by atoms with Gasteiger partial charge in [0.15, 0.2) is 11.2 Å². The summed E-state index contributed by atoms with van der Waals surface area (Å²) in [4.78, 5) is 43.0. The highest BCUT2D eigenvalue weighted by Gasteiger charge is 2.16. The Morgan fingerprint density at radius 3 is 2.62 bits per heavy atom. The summed E-state index contributed by atoms with van der Waals surface area (Å²) >= 11 is 0. The molecule has 0 unspecified atom stereocenters. The average molecular weight is 362 g/mol. The molecule has 0 aliphatic carbocycles. The number of hydrogen-bond donors (Lipinski definition) is 1. The molecule has 1 aliphatic rings. The van der Waals surface area contributed by atoms with Gasteiger partial charge in [0.1, 0.15) is 6.54 Å². The van der Waals surface area contributed by atoms with Crippen LogP contribution in [-0.2, 0) is 25.4 Å². The first-order valence-electron chi connectivity index (χ1n) is 9.09. The molecule has 0 atom stereocenters. The zero-order valence-corrected chi connectivity index (χ0v) is 15.4. The number of imidazole rings is 1. The zero-order chi connectivity index (χ0) is 18.7. The van der Waals surface area contributed by atoms with Crippen LogP contribution in [0.1, 0.15) is 25.7 Å². The fourth-order valence-corrected chi connectivity index (χ4v) is 3.42. The molecule has 2 aromatic heterocycles. The van der Waals surface area contributed by atoms with Crippen molar-refractivity contribution in [2.45, 2.75) is 32.2 Å². The normalized spacial score (nSPS) is 15.0. The van der Waals surface area contributed by atoms with E-state index < -0.39 is 11.2 Å². The molecule has 0 spiro atoms. The van der Waals surface area contributed by atoms with Crippen LogP contribution in [0.25, 0.3) is 11.2 Å². The van der Waals surface area contributed by atoms with Crippen molar-refractivity contribution >= 4 is 17.1 Å². The van der Waals surface area contributed by atoms with E-state index in [1.54, 1.807) is 7.05 Å². The van der Waals surface area contributed by atoms with E-state index in [-0.39, 0.29) is 23.6 Å². The standard InChI is InChI=1S/C17H26N6O3/c1-20-15-14(16(25)21(2)17(20)26)23(12-19-15)11-13(24)18-7-3-4-8-22-9-5-6-10-22/h12H,3-11H2,1-2H3,(H,18,24). The SMILES string of the molecule is Cn1c(=O)c2c(ncn2CC(=O)NCCCCN2CCCC2)n(C)c1=O. The van der Waals surface area contributed by atoms with E-state index in [2.05, 4.69) is 15.2 Å². The van der Waals surface area contributed by atoms with E-state index in [4.69, 9.17) is 0 Å². The molecule has 1 N–H and O–H groups in total. The number of unbranched alkanes of at least 4 members (excludes halogenated alkanes) is 1. The number of rotatable bonds is 7. The van der Waals surface area contributed by atoms with Crippen molar-refractivity contribution in [3.05, 3.63) is 27.2 Å². The molecule has 9 nitrogen and oxygen atoms in total. The lowest BCUT2D eigenvalue weighted by molar-refractivity contribution is -0.121. The van der Waals surface area contributed by atoms with Crippen LogP contribution in [0.3, 0.4) is 0 Å². The molecule has 3 rings (SSSR count). The van der Waals surface area contributed by atoms with Crippen molar-refractivity contribution in [1.82, 2.24) is 28.9 Å². The van der Waals surface area contributed by atoms with Crippen LogP contribution in [0.5, 0.6) is 0 Å². The Labute approximate surface area is 151 Å². The summed E-state index contributed by atoms with van der Waals surface area (Å²) in [6, 6.07) is 0. The highest BCUT2D eigenvalue weighted by Crippen LogP contribution is 2.08. The molecule has 26 heavy (non-hydrogen) atoms. The predicted molar refractivity (Wildman–Crippen MR) is 98.1 cm³/mol. The number of likely N-dealkylation sites (tertiary alicyclic amines) is 1. The second-order valence-electron chi connectivity index (χ2n) is 6.86. The van der Waals surface area contributed by atoms with Gasteiger partial charge < -0.3 is 14.8 Å². The van der Waals surface area contributed by atoms with Crippen molar-refractivity contribution in [2.75, 3.05) is 26.2 Å². The van der Waals surface area contributed by atoms with Crippen LogP contribution in [-0.4, -0.2) is 55.7 Å². The molecule has 1 amide bonds. The number of carbonyl (C=O) groups excluding carboxylic acids is 1. The maximum atomic E-state index is 12.3. The van der Waals surface area contributed by atoms with Crippen LogP contribution in [0.15, 0.2) is 15.9 Å². The first kappa shape index (κ1) is 18.4. The van der Waals surface area contributed by atoms with Gasteiger partial charge in [-0.15, -0.1) is 0 Å². The third kappa shape index (κ3) is 3.72. The topological polar surface area (TPSA) is 94.2 Å².